The lowest BCUT2D eigenvalue weighted by Crippen LogP contribution is -2.24. The molecular formula is C16H20N4O. The van der Waals surface area contributed by atoms with Crippen molar-refractivity contribution in [1.29, 1.82) is 10.8 Å². The average molecular weight is 284 g/mol. The molecule has 0 heterocycles. The average Bonchev–Trinajstić information content (AvgIpc) is 2.44. The van der Waals surface area contributed by atoms with Gasteiger partial charge in [-0.05, 0) is 44.0 Å². The highest BCUT2D eigenvalue weighted by Crippen LogP contribution is 2.27. The van der Waals surface area contributed by atoms with E-state index >= 15 is 0 Å². The number of hydrogen-bond donors (Lipinski definition) is 3. The number of rotatable bonds is 3. The molecule has 0 aliphatic heterocycles. The van der Waals surface area contributed by atoms with Crippen LogP contribution in [0.15, 0.2) is 29.0 Å². The van der Waals surface area contributed by atoms with Crippen LogP contribution in [-0.2, 0) is 4.74 Å². The Kier molecular flexibility index (Phi) is 4.21. The zero-order chi connectivity index (χ0) is 15.6. The topological polar surface area (TPSA) is 95.3 Å². The number of nitrogens with one attached hydrogen (secondary N) is 2. The summed E-state index contributed by atoms with van der Waals surface area (Å²) in [5.41, 5.74) is 10.6. The van der Waals surface area contributed by atoms with Gasteiger partial charge in [-0.2, -0.15) is 0 Å². The van der Waals surface area contributed by atoms with Crippen LogP contribution < -0.4 is 5.73 Å². The number of anilines is 1. The predicted molar refractivity (Wildman–Crippen MR) is 87.2 cm³/mol. The normalized spacial score (nSPS) is 17.1. The number of aliphatic imine (C=N–C) groups is 1. The van der Waals surface area contributed by atoms with Crippen molar-refractivity contribution >= 4 is 28.5 Å². The molecule has 0 radical (unpaired) electrons. The molecule has 0 fully saturated rings. The van der Waals surface area contributed by atoms with Gasteiger partial charge in [0.1, 0.15) is 5.76 Å². The second kappa shape index (κ2) is 5.91. The summed E-state index contributed by atoms with van der Waals surface area (Å²) in [6, 6.07) is 3.68. The fourth-order valence-corrected chi connectivity index (χ4v) is 2.12. The third kappa shape index (κ3) is 3.02. The van der Waals surface area contributed by atoms with Crippen molar-refractivity contribution in [3.05, 3.63) is 35.1 Å². The van der Waals surface area contributed by atoms with Crippen LogP contribution >= 0.6 is 0 Å². The molecule has 4 N–H and O–H groups in total. The number of ether oxygens (including phenoxy) is 1. The van der Waals surface area contributed by atoms with Crippen LogP contribution in [0.2, 0.25) is 0 Å². The summed E-state index contributed by atoms with van der Waals surface area (Å²) in [5, 5.41) is 15.9. The van der Waals surface area contributed by atoms with E-state index in [0.717, 1.165) is 22.5 Å². The van der Waals surface area contributed by atoms with Gasteiger partial charge in [-0.3, -0.25) is 0 Å². The minimum absolute atomic E-state index is 0.248. The fraction of sp³-hybridized carbons (Fsp3) is 0.312. The van der Waals surface area contributed by atoms with Crippen molar-refractivity contribution in [2.75, 3.05) is 12.3 Å². The largest absolute Gasteiger partial charge is 0.492 e. The monoisotopic (exact) mass is 284 g/mol. The first-order valence-electron chi connectivity index (χ1n) is 6.88. The van der Waals surface area contributed by atoms with E-state index < -0.39 is 0 Å². The van der Waals surface area contributed by atoms with Gasteiger partial charge in [-0.25, -0.2) is 4.99 Å². The zero-order valence-electron chi connectivity index (χ0n) is 12.6. The number of nitrogens with two attached hydrogens (primary N) is 1. The number of nitrogens with zero attached hydrogens (tertiary/aromatic N) is 1. The molecule has 21 heavy (non-hydrogen) atoms. The highest BCUT2D eigenvalue weighted by molar-refractivity contribution is 6.51. The van der Waals surface area contributed by atoms with Crippen LogP contribution in [0.4, 0.5) is 11.4 Å². The molecule has 0 saturated heterocycles. The Balaban J connectivity index is 2.46. The molecule has 0 unspecified atom stereocenters. The molecule has 110 valence electrons. The Morgan fingerprint density at radius 2 is 1.90 bits per heavy atom. The fourth-order valence-electron chi connectivity index (χ4n) is 2.12. The second-order valence-corrected chi connectivity index (χ2v) is 5.00. The van der Waals surface area contributed by atoms with E-state index in [4.69, 9.17) is 21.3 Å². The van der Waals surface area contributed by atoms with Gasteiger partial charge in [0.15, 0.2) is 0 Å². The quantitative estimate of drug-likeness (QED) is 0.742. The van der Waals surface area contributed by atoms with E-state index in [9.17, 15) is 0 Å². The highest BCUT2D eigenvalue weighted by atomic mass is 16.5. The standard InChI is InChI=1S/C16H20N4O/c1-4-21-16-8-15(12(18)7-13(16)19)20-14-6-5-11(17)9(2)10(14)3/h5-6,8,18-19H,4,7,17H2,1-3H3. The van der Waals surface area contributed by atoms with Crippen LogP contribution in [0.25, 0.3) is 0 Å². The summed E-state index contributed by atoms with van der Waals surface area (Å²) >= 11 is 0. The lowest BCUT2D eigenvalue weighted by molar-refractivity contribution is 0.249. The van der Waals surface area contributed by atoms with Gasteiger partial charge >= 0.3 is 0 Å². The third-order valence-electron chi connectivity index (χ3n) is 3.57. The first-order chi connectivity index (χ1) is 9.93. The van der Waals surface area contributed by atoms with E-state index in [0.29, 0.717) is 29.5 Å². The summed E-state index contributed by atoms with van der Waals surface area (Å²) in [6.07, 6.45) is 1.92. The lowest BCUT2D eigenvalue weighted by Gasteiger charge is -2.17. The molecule has 1 aliphatic rings. The van der Waals surface area contributed by atoms with Gasteiger partial charge < -0.3 is 21.3 Å². The Bertz CT molecular complexity index is 671. The molecule has 1 aliphatic carbocycles. The molecule has 1 aromatic carbocycles. The molecule has 2 rings (SSSR count). The maximum absolute atomic E-state index is 8.02. The van der Waals surface area contributed by atoms with Crippen molar-refractivity contribution in [3.8, 4) is 0 Å². The maximum Gasteiger partial charge on any atom is 0.142 e. The lowest BCUT2D eigenvalue weighted by atomic mass is 9.99. The number of nitrogen functional groups attached to an aromatic ring is 1. The van der Waals surface area contributed by atoms with E-state index in [2.05, 4.69) is 4.99 Å². The van der Waals surface area contributed by atoms with Crippen LogP contribution in [0.3, 0.4) is 0 Å². The van der Waals surface area contributed by atoms with Crippen LogP contribution in [0, 0.1) is 24.7 Å². The minimum Gasteiger partial charge on any atom is -0.492 e. The second-order valence-electron chi connectivity index (χ2n) is 5.00. The summed E-state index contributed by atoms with van der Waals surface area (Å²) < 4.78 is 5.42. The Morgan fingerprint density at radius 3 is 2.57 bits per heavy atom. The summed E-state index contributed by atoms with van der Waals surface area (Å²) in [7, 11) is 0. The van der Waals surface area contributed by atoms with Gasteiger partial charge in [0.25, 0.3) is 0 Å². The van der Waals surface area contributed by atoms with E-state index in [1.165, 1.54) is 0 Å². The molecule has 5 heteroatoms. The first-order valence-corrected chi connectivity index (χ1v) is 6.88. The molecule has 0 saturated carbocycles. The molecule has 0 amide bonds. The Morgan fingerprint density at radius 1 is 1.19 bits per heavy atom. The van der Waals surface area contributed by atoms with Gasteiger partial charge in [0.05, 0.1) is 29.4 Å². The van der Waals surface area contributed by atoms with Crippen LogP contribution in [0.5, 0.6) is 0 Å². The molecule has 0 aromatic heterocycles. The maximum atomic E-state index is 8.02. The van der Waals surface area contributed by atoms with Gasteiger partial charge in [-0.1, -0.05) is 0 Å². The SMILES string of the molecule is CCOC1=CC(=Nc2ccc(N)c(C)c2C)C(=N)CC1=N. The predicted octanol–water partition coefficient (Wildman–Crippen LogP) is 3.32. The van der Waals surface area contributed by atoms with E-state index in [-0.39, 0.29) is 6.42 Å². The molecule has 0 atom stereocenters. The highest BCUT2D eigenvalue weighted by Gasteiger charge is 2.20. The van der Waals surface area contributed by atoms with E-state index in [1.807, 2.05) is 32.9 Å². The third-order valence-corrected chi connectivity index (χ3v) is 3.57. The van der Waals surface area contributed by atoms with Crippen molar-refractivity contribution in [2.45, 2.75) is 27.2 Å². The molecular weight excluding hydrogens is 264 g/mol. The van der Waals surface area contributed by atoms with Crippen molar-refractivity contribution in [2.24, 2.45) is 4.99 Å². The number of benzene rings is 1. The van der Waals surface area contributed by atoms with Gasteiger partial charge in [-0.15, -0.1) is 0 Å². The van der Waals surface area contributed by atoms with Crippen LogP contribution in [-0.4, -0.2) is 23.7 Å². The molecule has 1 aromatic rings. The van der Waals surface area contributed by atoms with Crippen molar-refractivity contribution in [3.63, 3.8) is 0 Å². The minimum atomic E-state index is 0.248. The van der Waals surface area contributed by atoms with Crippen molar-refractivity contribution < 1.29 is 4.74 Å². The zero-order valence-corrected chi connectivity index (χ0v) is 12.6. The van der Waals surface area contributed by atoms with E-state index in [1.54, 1.807) is 6.08 Å². The summed E-state index contributed by atoms with van der Waals surface area (Å²) in [6.45, 7) is 6.29. The molecule has 5 nitrogen and oxygen atoms in total. The number of hydrogen-bond acceptors (Lipinski definition) is 5. The Labute approximate surface area is 124 Å². The summed E-state index contributed by atoms with van der Waals surface area (Å²) in [5.74, 6) is 0.497. The molecule has 0 spiro atoms. The Hall–Kier alpha value is -2.43. The van der Waals surface area contributed by atoms with Crippen molar-refractivity contribution in [1.82, 2.24) is 0 Å². The van der Waals surface area contributed by atoms with Gasteiger partial charge in [0, 0.05) is 18.2 Å². The smallest absolute Gasteiger partial charge is 0.142 e. The molecule has 0 bridgehead atoms. The summed E-state index contributed by atoms with van der Waals surface area (Å²) in [4.78, 5) is 4.55. The van der Waals surface area contributed by atoms with Crippen LogP contribution in [0.1, 0.15) is 24.5 Å². The number of allylic oxidation sites excluding steroid dienone is 2. The first kappa shape index (κ1) is 15.0. The van der Waals surface area contributed by atoms with Gasteiger partial charge in [0.2, 0.25) is 0 Å².